The average molecular weight is 392 g/mol. The van der Waals surface area contributed by atoms with Crippen molar-refractivity contribution in [3.63, 3.8) is 0 Å². The van der Waals surface area contributed by atoms with Gasteiger partial charge in [0.1, 0.15) is 0 Å². The SMILES string of the molecule is CCOCCn1c(NC2CCCNCC2)nc2ccccc21.O=C(O)C(=O)O. The average Bonchev–Trinajstić information content (AvgIpc) is 2.83. The standard InChI is InChI=1S/C17H26N4O.C2H2O4/c1-2-22-13-12-21-16-8-4-3-7-15(16)20-17(21)19-14-6-5-10-18-11-9-14;3-1(4)2(5)6/h3-4,7-8,14,18H,2,5-6,9-13H2,1H3,(H,19,20);(H,3,4)(H,5,6). The number of benzene rings is 1. The second-order valence-corrected chi connectivity index (χ2v) is 6.41. The highest BCUT2D eigenvalue weighted by atomic mass is 16.5. The van der Waals surface area contributed by atoms with Crippen LogP contribution in [0.15, 0.2) is 24.3 Å². The van der Waals surface area contributed by atoms with Gasteiger partial charge < -0.3 is 30.2 Å². The Morgan fingerprint density at radius 2 is 2.00 bits per heavy atom. The first-order chi connectivity index (χ1) is 13.5. The Morgan fingerprint density at radius 1 is 1.25 bits per heavy atom. The van der Waals surface area contributed by atoms with Gasteiger partial charge in [-0.3, -0.25) is 0 Å². The number of imidazole rings is 1. The molecule has 3 rings (SSSR count). The van der Waals surface area contributed by atoms with Gasteiger partial charge in [0.25, 0.3) is 0 Å². The smallest absolute Gasteiger partial charge is 0.414 e. The fourth-order valence-corrected chi connectivity index (χ4v) is 3.06. The molecule has 1 aliphatic rings. The summed E-state index contributed by atoms with van der Waals surface area (Å²) in [4.78, 5) is 23.0. The molecule has 1 fully saturated rings. The number of hydrogen-bond donors (Lipinski definition) is 4. The van der Waals surface area contributed by atoms with Crippen LogP contribution in [0.1, 0.15) is 26.2 Å². The Bertz CT molecular complexity index is 757. The van der Waals surface area contributed by atoms with Crippen molar-refractivity contribution in [3.05, 3.63) is 24.3 Å². The monoisotopic (exact) mass is 392 g/mol. The highest BCUT2D eigenvalue weighted by Crippen LogP contribution is 2.21. The van der Waals surface area contributed by atoms with E-state index in [2.05, 4.69) is 33.4 Å². The molecule has 154 valence electrons. The van der Waals surface area contributed by atoms with Crippen LogP contribution >= 0.6 is 0 Å². The van der Waals surface area contributed by atoms with Crippen molar-refractivity contribution >= 4 is 28.9 Å². The van der Waals surface area contributed by atoms with Crippen molar-refractivity contribution in [3.8, 4) is 0 Å². The Labute approximate surface area is 163 Å². The number of carboxylic acids is 2. The highest BCUT2D eigenvalue weighted by Gasteiger charge is 2.16. The lowest BCUT2D eigenvalue weighted by molar-refractivity contribution is -0.159. The van der Waals surface area contributed by atoms with Crippen molar-refractivity contribution in [1.82, 2.24) is 14.9 Å². The third kappa shape index (κ3) is 6.50. The summed E-state index contributed by atoms with van der Waals surface area (Å²) in [6.45, 7) is 6.54. The Kier molecular flexibility index (Phi) is 8.70. The summed E-state index contributed by atoms with van der Waals surface area (Å²) in [5.41, 5.74) is 2.23. The molecular formula is C19H28N4O5. The maximum atomic E-state index is 9.10. The summed E-state index contributed by atoms with van der Waals surface area (Å²) in [6, 6.07) is 8.82. The fraction of sp³-hybridized carbons (Fsp3) is 0.526. The van der Waals surface area contributed by atoms with Crippen molar-refractivity contribution < 1.29 is 24.5 Å². The van der Waals surface area contributed by atoms with Crippen LogP contribution in [0.5, 0.6) is 0 Å². The normalized spacial score (nSPS) is 16.7. The number of para-hydroxylation sites is 2. The van der Waals surface area contributed by atoms with Crippen LogP contribution in [0.2, 0.25) is 0 Å². The van der Waals surface area contributed by atoms with Gasteiger partial charge in [0, 0.05) is 19.2 Å². The number of aliphatic carboxylic acids is 2. The van der Waals surface area contributed by atoms with Gasteiger partial charge in [0.05, 0.1) is 17.6 Å². The quantitative estimate of drug-likeness (QED) is 0.433. The van der Waals surface area contributed by atoms with Crippen LogP contribution in [0.3, 0.4) is 0 Å². The number of fused-ring (bicyclic) bond motifs is 1. The van der Waals surface area contributed by atoms with E-state index in [1.54, 1.807) is 0 Å². The first-order valence-electron chi connectivity index (χ1n) is 9.49. The van der Waals surface area contributed by atoms with E-state index in [9.17, 15) is 0 Å². The summed E-state index contributed by atoms with van der Waals surface area (Å²) in [6.07, 6.45) is 3.56. The maximum Gasteiger partial charge on any atom is 0.414 e. The predicted molar refractivity (Wildman–Crippen MR) is 106 cm³/mol. The van der Waals surface area contributed by atoms with Crippen LogP contribution in [0, 0.1) is 0 Å². The third-order valence-corrected chi connectivity index (χ3v) is 4.41. The van der Waals surface area contributed by atoms with E-state index >= 15 is 0 Å². The summed E-state index contributed by atoms with van der Waals surface area (Å²) >= 11 is 0. The van der Waals surface area contributed by atoms with Crippen LogP contribution in [0.4, 0.5) is 5.95 Å². The number of carboxylic acid groups (broad SMARTS) is 2. The molecular weight excluding hydrogens is 364 g/mol. The largest absolute Gasteiger partial charge is 0.473 e. The second-order valence-electron chi connectivity index (χ2n) is 6.41. The number of anilines is 1. The number of rotatable bonds is 6. The minimum absolute atomic E-state index is 0.498. The van der Waals surface area contributed by atoms with E-state index in [1.165, 1.54) is 18.4 Å². The fourth-order valence-electron chi connectivity index (χ4n) is 3.06. The molecule has 0 amide bonds. The zero-order valence-electron chi connectivity index (χ0n) is 16.1. The molecule has 1 aliphatic heterocycles. The molecule has 1 saturated heterocycles. The number of nitrogens with one attached hydrogen (secondary N) is 2. The van der Waals surface area contributed by atoms with Gasteiger partial charge in [0.2, 0.25) is 5.95 Å². The Morgan fingerprint density at radius 3 is 2.71 bits per heavy atom. The lowest BCUT2D eigenvalue weighted by atomic mass is 10.1. The molecule has 0 saturated carbocycles. The van der Waals surface area contributed by atoms with E-state index in [4.69, 9.17) is 29.5 Å². The molecule has 1 unspecified atom stereocenters. The molecule has 0 radical (unpaired) electrons. The zero-order valence-corrected chi connectivity index (χ0v) is 16.1. The molecule has 1 aromatic heterocycles. The number of aromatic nitrogens is 2. The van der Waals surface area contributed by atoms with E-state index in [-0.39, 0.29) is 0 Å². The topological polar surface area (TPSA) is 126 Å². The predicted octanol–water partition coefficient (Wildman–Crippen LogP) is 1.78. The first-order valence-corrected chi connectivity index (χ1v) is 9.49. The molecule has 28 heavy (non-hydrogen) atoms. The van der Waals surface area contributed by atoms with Gasteiger partial charge in [-0.2, -0.15) is 0 Å². The van der Waals surface area contributed by atoms with Gasteiger partial charge in [-0.1, -0.05) is 12.1 Å². The molecule has 1 aromatic carbocycles. The molecule has 4 N–H and O–H groups in total. The van der Waals surface area contributed by atoms with Gasteiger partial charge in [-0.05, 0) is 51.4 Å². The summed E-state index contributed by atoms with van der Waals surface area (Å²) in [5, 5.41) is 21.9. The molecule has 2 heterocycles. The summed E-state index contributed by atoms with van der Waals surface area (Å²) in [5.74, 6) is -2.67. The first kappa shape index (κ1) is 21.6. The zero-order chi connectivity index (χ0) is 20.4. The number of carbonyl (C=O) groups is 2. The van der Waals surface area contributed by atoms with Gasteiger partial charge in [-0.15, -0.1) is 0 Å². The third-order valence-electron chi connectivity index (χ3n) is 4.41. The van der Waals surface area contributed by atoms with Crippen LogP contribution in [0.25, 0.3) is 11.0 Å². The van der Waals surface area contributed by atoms with Crippen LogP contribution in [-0.2, 0) is 20.9 Å². The molecule has 9 heteroatoms. The molecule has 1 atom stereocenters. The minimum Gasteiger partial charge on any atom is -0.473 e. The van der Waals surface area contributed by atoms with E-state index in [0.29, 0.717) is 6.04 Å². The molecule has 0 aliphatic carbocycles. The molecule has 0 spiro atoms. The lowest BCUT2D eigenvalue weighted by Crippen LogP contribution is -2.24. The number of ether oxygens (including phenoxy) is 1. The highest BCUT2D eigenvalue weighted by molar-refractivity contribution is 6.27. The summed E-state index contributed by atoms with van der Waals surface area (Å²) < 4.78 is 7.79. The van der Waals surface area contributed by atoms with Crippen molar-refractivity contribution in [2.24, 2.45) is 0 Å². The van der Waals surface area contributed by atoms with Crippen molar-refractivity contribution in [2.45, 2.75) is 38.8 Å². The minimum atomic E-state index is -1.82. The van der Waals surface area contributed by atoms with Crippen molar-refractivity contribution in [2.75, 3.05) is 31.6 Å². The maximum absolute atomic E-state index is 9.10. The molecule has 0 bridgehead atoms. The Balaban J connectivity index is 0.000000409. The van der Waals surface area contributed by atoms with Crippen molar-refractivity contribution in [1.29, 1.82) is 0 Å². The number of nitrogens with zero attached hydrogens (tertiary/aromatic N) is 2. The number of hydrogen-bond acceptors (Lipinski definition) is 6. The molecule has 2 aromatic rings. The van der Waals surface area contributed by atoms with Gasteiger partial charge >= 0.3 is 11.9 Å². The van der Waals surface area contributed by atoms with E-state index in [1.807, 2.05) is 13.0 Å². The lowest BCUT2D eigenvalue weighted by Gasteiger charge is -2.18. The van der Waals surface area contributed by atoms with E-state index in [0.717, 1.165) is 50.7 Å². The summed E-state index contributed by atoms with van der Waals surface area (Å²) in [7, 11) is 0. The van der Waals surface area contributed by atoms with Crippen LogP contribution in [-0.4, -0.2) is 64.0 Å². The second kappa shape index (κ2) is 11.3. The van der Waals surface area contributed by atoms with Crippen LogP contribution < -0.4 is 10.6 Å². The van der Waals surface area contributed by atoms with Gasteiger partial charge in [0.15, 0.2) is 0 Å². The van der Waals surface area contributed by atoms with Gasteiger partial charge in [-0.25, -0.2) is 14.6 Å². The molecule has 9 nitrogen and oxygen atoms in total. The van der Waals surface area contributed by atoms with E-state index < -0.39 is 11.9 Å². The Hall–Kier alpha value is -2.65.